The molecule has 0 bridgehead atoms. The van der Waals surface area contributed by atoms with Crippen LogP contribution in [0.3, 0.4) is 0 Å². The van der Waals surface area contributed by atoms with Crippen molar-refractivity contribution in [2.45, 2.75) is 45.0 Å². The molecular weight excluding hydrogens is 325 g/mol. The number of halogens is 3. The van der Waals surface area contributed by atoms with Gasteiger partial charge >= 0.3 is 6.18 Å². The molecule has 24 heavy (non-hydrogen) atoms. The molecule has 0 saturated carbocycles. The van der Waals surface area contributed by atoms with Crippen LogP contribution in [0.2, 0.25) is 0 Å². The molecule has 1 aliphatic rings. The van der Waals surface area contributed by atoms with E-state index < -0.39 is 30.8 Å². The van der Waals surface area contributed by atoms with Gasteiger partial charge in [0.25, 0.3) is 11.6 Å². The van der Waals surface area contributed by atoms with E-state index in [0.717, 1.165) is 17.3 Å². The van der Waals surface area contributed by atoms with Crippen molar-refractivity contribution in [2.75, 3.05) is 6.61 Å². The summed E-state index contributed by atoms with van der Waals surface area (Å²) in [6, 6.07) is 5.39. The van der Waals surface area contributed by atoms with E-state index in [1.807, 2.05) is 26.0 Å². The highest BCUT2D eigenvalue weighted by Gasteiger charge is 2.61. The van der Waals surface area contributed by atoms with Crippen LogP contribution >= 0.6 is 0 Å². The number of hydrogen-bond acceptors (Lipinski definition) is 4. The Kier molecular flexibility index (Phi) is 4.89. The molecule has 0 saturated heterocycles. The molecule has 1 aromatic carbocycles. The van der Waals surface area contributed by atoms with Crippen molar-refractivity contribution in [3.63, 3.8) is 0 Å². The summed E-state index contributed by atoms with van der Waals surface area (Å²) in [5.41, 5.74) is -1.46. The quantitative estimate of drug-likeness (QED) is 0.913. The maximum Gasteiger partial charge on any atom is 0.438 e. The number of benzene rings is 1. The van der Waals surface area contributed by atoms with Gasteiger partial charge in [0.15, 0.2) is 6.61 Å². The summed E-state index contributed by atoms with van der Waals surface area (Å²) >= 11 is 0. The number of carbonyl (C=O) groups is 1. The fraction of sp³-hybridized carbons (Fsp3) is 0.500. The normalized spacial score (nSPS) is 20.8. The predicted octanol–water partition coefficient (Wildman–Crippen LogP) is 2.97. The van der Waals surface area contributed by atoms with Gasteiger partial charge in [-0.25, -0.2) is 0 Å². The van der Waals surface area contributed by atoms with E-state index in [9.17, 15) is 23.1 Å². The first-order valence-electron chi connectivity index (χ1n) is 7.44. The van der Waals surface area contributed by atoms with E-state index in [1.54, 1.807) is 13.0 Å². The molecule has 1 unspecified atom stereocenters. The summed E-state index contributed by atoms with van der Waals surface area (Å²) in [7, 11) is 0. The van der Waals surface area contributed by atoms with Gasteiger partial charge in [0.05, 0.1) is 0 Å². The van der Waals surface area contributed by atoms with Crippen molar-refractivity contribution < 1.29 is 27.8 Å². The Bertz CT molecular complexity index is 658. The molecule has 2 rings (SSSR count). The molecule has 0 radical (unpaired) electrons. The van der Waals surface area contributed by atoms with Crippen LogP contribution in [0.5, 0.6) is 5.75 Å². The largest absolute Gasteiger partial charge is 0.483 e. The van der Waals surface area contributed by atoms with Gasteiger partial charge in [-0.1, -0.05) is 26.0 Å². The second kappa shape index (κ2) is 6.43. The molecule has 1 aromatic rings. The van der Waals surface area contributed by atoms with Gasteiger partial charge in [-0.2, -0.15) is 23.3 Å². The molecule has 0 aliphatic carbocycles. The third kappa shape index (κ3) is 3.38. The van der Waals surface area contributed by atoms with E-state index in [1.165, 1.54) is 0 Å². The molecule has 1 heterocycles. The Morgan fingerprint density at radius 3 is 2.67 bits per heavy atom. The number of alkyl halides is 3. The lowest BCUT2D eigenvalue weighted by Gasteiger charge is -2.32. The number of rotatable bonds is 4. The van der Waals surface area contributed by atoms with Crippen LogP contribution < -0.4 is 4.74 Å². The minimum Gasteiger partial charge on any atom is -0.483 e. The summed E-state index contributed by atoms with van der Waals surface area (Å²) in [5.74, 6) is -0.359. The van der Waals surface area contributed by atoms with Gasteiger partial charge in [0, 0.05) is 12.6 Å². The van der Waals surface area contributed by atoms with E-state index in [0.29, 0.717) is 11.7 Å². The van der Waals surface area contributed by atoms with Crippen LogP contribution in [0.15, 0.2) is 23.3 Å². The highest BCUT2D eigenvalue weighted by Crippen LogP contribution is 2.38. The fourth-order valence-electron chi connectivity index (χ4n) is 2.33. The zero-order chi connectivity index (χ0) is 18.1. The van der Waals surface area contributed by atoms with E-state index >= 15 is 0 Å². The topological polar surface area (TPSA) is 62.1 Å². The molecular formula is C16H19F3N2O3. The second-order valence-corrected chi connectivity index (χ2v) is 5.99. The minimum absolute atomic E-state index is 0.0326. The minimum atomic E-state index is -5.01. The molecule has 1 aliphatic heterocycles. The summed E-state index contributed by atoms with van der Waals surface area (Å²) in [6.07, 6.45) is -4.95. The molecule has 0 fully saturated rings. The number of nitrogens with zero attached hydrogens (tertiary/aromatic N) is 2. The Balaban J connectivity index is 2.07. The summed E-state index contributed by atoms with van der Waals surface area (Å²) in [6.45, 7) is 5.19. The first-order valence-corrected chi connectivity index (χ1v) is 7.44. The Morgan fingerprint density at radius 1 is 1.46 bits per heavy atom. The van der Waals surface area contributed by atoms with Crippen molar-refractivity contribution >= 4 is 12.1 Å². The van der Waals surface area contributed by atoms with Crippen LogP contribution in [0.4, 0.5) is 13.2 Å². The average Bonchev–Trinajstić information content (AvgIpc) is 2.88. The number of ether oxygens (including phenoxy) is 1. The van der Waals surface area contributed by atoms with Gasteiger partial charge in [-0.3, -0.25) is 4.79 Å². The maximum atomic E-state index is 12.9. The van der Waals surface area contributed by atoms with Crippen LogP contribution in [0.1, 0.15) is 37.3 Å². The Labute approximate surface area is 137 Å². The summed E-state index contributed by atoms with van der Waals surface area (Å²) in [5, 5.41) is 13.1. The third-order valence-electron chi connectivity index (χ3n) is 3.83. The van der Waals surface area contributed by atoms with E-state index in [2.05, 4.69) is 5.10 Å². The van der Waals surface area contributed by atoms with Crippen LogP contribution in [-0.4, -0.2) is 40.7 Å². The number of aliphatic hydroxyl groups is 1. The van der Waals surface area contributed by atoms with Crippen molar-refractivity contribution in [3.05, 3.63) is 29.3 Å². The Morgan fingerprint density at radius 2 is 2.12 bits per heavy atom. The number of amides is 1. The van der Waals surface area contributed by atoms with Gasteiger partial charge in [0.1, 0.15) is 5.75 Å². The van der Waals surface area contributed by atoms with Crippen molar-refractivity contribution in [1.29, 1.82) is 0 Å². The van der Waals surface area contributed by atoms with Gasteiger partial charge in [0.2, 0.25) is 0 Å². The number of carbonyl (C=O) groups excluding carboxylic acids is 1. The SMILES string of the molecule is Cc1cc(C(C)C)ccc1OCC(=O)N1N=CCC1(O)C(F)(F)F. The number of hydrazone groups is 1. The average molecular weight is 344 g/mol. The van der Waals surface area contributed by atoms with Crippen LogP contribution in [0.25, 0.3) is 0 Å². The molecule has 132 valence electrons. The smallest absolute Gasteiger partial charge is 0.438 e. The summed E-state index contributed by atoms with van der Waals surface area (Å²) in [4.78, 5) is 12.0. The first-order chi connectivity index (χ1) is 11.1. The highest BCUT2D eigenvalue weighted by atomic mass is 19.4. The lowest BCUT2D eigenvalue weighted by atomic mass is 10.0. The summed E-state index contributed by atoms with van der Waals surface area (Å²) < 4.78 is 44.1. The van der Waals surface area contributed by atoms with Crippen LogP contribution in [0, 0.1) is 6.92 Å². The van der Waals surface area contributed by atoms with Crippen molar-refractivity contribution in [2.24, 2.45) is 5.10 Å². The first kappa shape index (κ1) is 18.3. The lowest BCUT2D eigenvalue weighted by Crippen LogP contribution is -2.57. The van der Waals surface area contributed by atoms with Gasteiger partial charge in [-0.05, 0) is 30.0 Å². The lowest BCUT2D eigenvalue weighted by molar-refractivity contribution is -0.302. The molecule has 1 N–H and O–H groups in total. The predicted molar refractivity (Wildman–Crippen MR) is 81.7 cm³/mol. The number of aryl methyl sites for hydroxylation is 1. The van der Waals surface area contributed by atoms with Gasteiger partial charge in [-0.15, -0.1) is 0 Å². The molecule has 0 spiro atoms. The maximum absolute atomic E-state index is 12.9. The molecule has 1 amide bonds. The zero-order valence-electron chi connectivity index (χ0n) is 13.6. The molecule has 1 atom stereocenters. The monoisotopic (exact) mass is 344 g/mol. The zero-order valence-corrected chi connectivity index (χ0v) is 13.6. The highest BCUT2D eigenvalue weighted by molar-refractivity contribution is 5.81. The molecule has 5 nitrogen and oxygen atoms in total. The van der Waals surface area contributed by atoms with E-state index in [4.69, 9.17) is 4.74 Å². The van der Waals surface area contributed by atoms with E-state index in [-0.39, 0.29) is 5.01 Å². The molecule has 8 heteroatoms. The van der Waals surface area contributed by atoms with Crippen molar-refractivity contribution in [1.82, 2.24) is 5.01 Å². The third-order valence-corrected chi connectivity index (χ3v) is 3.83. The van der Waals surface area contributed by atoms with Gasteiger partial charge < -0.3 is 9.84 Å². The number of hydrogen-bond donors (Lipinski definition) is 1. The molecule has 0 aromatic heterocycles. The Hall–Kier alpha value is -2.09. The second-order valence-electron chi connectivity index (χ2n) is 5.99. The standard InChI is InChI=1S/C16H19F3N2O3/c1-10(2)12-4-5-13(11(3)8-12)24-9-14(22)21-15(23,6-7-20-21)16(17,18)19/h4-5,7-8,10,23H,6,9H2,1-3H3. The fourth-order valence-corrected chi connectivity index (χ4v) is 2.33. The van der Waals surface area contributed by atoms with Crippen molar-refractivity contribution in [3.8, 4) is 5.75 Å². The van der Waals surface area contributed by atoms with Crippen LogP contribution in [-0.2, 0) is 4.79 Å².